The maximum Gasteiger partial charge on any atom is 0.369 e. The summed E-state index contributed by atoms with van der Waals surface area (Å²) in [7, 11) is 0. The molecule has 8 heteroatoms. The van der Waals surface area contributed by atoms with Crippen molar-refractivity contribution in [2.45, 2.75) is 6.92 Å². The van der Waals surface area contributed by atoms with Gasteiger partial charge in [0, 0.05) is 4.47 Å². The lowest BCUT2D eigenvalue weighted by Crippen LogP contribution is -2.03. The van der Waals surface area contributed by atoms with Gasteiger partial charge in [0.2, 0.25) is 5.01 Å². The Morgan fingerprint density at radius 3 is 3.00 bits per heavy atom. The van der Waals surface area contributed by atoms with Crippen LogP contribution in [0.25, 0.3) is 0 Å². The molecule has 0 aliphatic heterocycles. The van der Waals surface area contributed by atoms with Crippen LogP contribution in [0, 0.1) is 5.82 Å². The zero-order chi connectivity index (χ0) is 13.8. The highest BCUT2D eigenvalue weighted by atomic mass is 79.9. The van der Waals surface area contributed by atoms with Gasteiger partial charge in [0.15, 0.2) is 11.6 Å². The molecule has 0 atom stereocenters. The van der Waals surface area contributed by atoms with Crippen LogP contribution in [0.4, 0.5) is 4.39 Å². The van der Waals surface area contributed by atoms with Gasteiger partial charge in [-0.25, -0.2) is 9.18 Å². The van der Waals surface area contributed by atoms with Crippen LogP contribution in [0.2, 0.25) is 0 Å². The summed E-state index contributed by atoms with van der Waals surface area (Å²) in [5.41, 5.74) is 0. The van der Waals surface area contributed by atoms with Crippen LogP contribution in [-0.4, -0.2) is 22.8 Å². The second-order valence-electron chi connectivity index (χ2n) is 3.27. The first kappa shape index (κ1) is 13.9. The van der Waals surface area contributed by atoms with Crippen LogP contribution in [0.15, 0.2) is 22.7 Å². The Balaban J connectivity index is 2.15. The van der Waals surface area contributed by atoms with Crippen molar-refractivity contribution in [3.63, 3.8) is 0 Å². The number of nitrogens with zero attached hydrogens (tertiary/aromatic N) is 2. The topological polar surface area (TPSA) is 61.3 Å². The van der Waals surface area contributed by atoms with Crippen molar-refractivity contribution in [1.29, 1.82) is 0 Å². The van der Waals surface area contributed by atoms with E-state index in [9.17, 15) is 9.18 Å². The van der Waals surface area contributed by atoms with Crippen LogP contribution in [0.5, 0.6) is 10.9 Å². The quantitative estimate of drug-likeness (QED) is 0.794. The third kappa shape index (κ3) is 3.48. The van der Waals surface area contributed by atoms with E-state index in [0.717, 1.165) is 11.3 Å². The molecule has 0 unspecified atom stereocenters. The minimum absolute atomic E-state index is 0.000865. The predicted molar refractivity (Wildman–Crippen MR) is 70.0 cm³/mol. The zero-order valence-electron chi connectivity index (χ0n) is 9.72. The largest absolute Gasteiger partial charge is 0.461 e. The molecule has 0 spiro atoms. The van der Waals surface area contributed by atoms with Crippen molar-refractivity contribution < 1.29 is 18.7 Å². The van der Waals surface area contributed by atoms with E-state index in [1.165, 1.54) is 12.1 Å². The van der Waals surface area contributed by atoms with Crippen molar-refractivity contribution in [1.82, 2.24) is 10.2 Å². The van der Waals surface area contributed by atoms with Gasteiger partial charge in [-0.3, -0.25) is 0 Å². The number of halogens is 2. The minimum Gasteiger partial charge on any atom is -0.461 e. The molecule has 100 valence electrons. The fourth-order valence-electron chi connectivity index (χ4n) is 1.18. The number of rotatable bonds is 4. The summed E-state index contributed by atoms with van der Waals surface area (Å²) >= 11 is 4.09. The number of carbonyl (C=O) groups excluding carboxylic acids is 1. The Kier molecular flexibility index (Phi) is 4.43. The summed E-state index contributed by atoms with van der Waals surface area (Å²) in [6, 6.07) is 4.26. The third-order valence-electron chi connectivity index (χ3n) is 1.95. The molecule has 2 aromatic rings. The van der Waals surface area contributed by atoms with E-state index < -0.39 is 11.8 Å². The van der Waals surface area contributed by atoms with E-state index in [1.54, 1.807) is 13.0 Å². The van der Waals surface area contributed by atoms with Crippen molar-refractivity contribution >= 4 is 33.2 Å². The van der Waals surface area contributed by atoms with E-state index >= 15 is 0 Å². The fraction of sp³-hybridized carbons (Fsp3) is 0.182. The smallest absolute Gasteiger partial charge is 0.369 e. The summed E-state index contributed by atoms with van der Waals surface area (Å²) in [6.45, 7) is 1.93. The minimum atomic E-state index is -0.579. The SMILES string of the molecule is CCOC(=O)c1nnc(Oc2cc(Br)ccc2F)s1. The Bertz CT molecular complexity index is 605. The van der Waals surface area contributed by atoms with Gasteiger partial charge in [-0.15, -0.1) is 5.10 Å². The van der Waals surface area contributed by atoms with Crippen LogP contribution in [0.1, 0.15) is 16.7 Å². The monoisotopic (exact) mass is 346 g/mol. The Morgan fingerprint density at radius 2 is 2.26 bits per heavy atom. The van der Waals surface area contributed by atoms with Gasteiger partial charge in [-0.1, -0.05) is 21.0 Å². The lowest BCUT2D eigenvalue weighted by molar-refractivity contribution is 0.0525. The van der Waals surface area contributed by atoms with E-state index in [-0.39, 0.29) is 22.6 Å². The van der Waals surface area contributed by atoms with Gasteiger partial charge in [-0.05, 0) is 36.5 Å². The Morgan fingerprint density at radius 1 is 1.47 bits per heavy atom. The van der Waals surface area contributed by atoms with Gasteiger partial charge >= 0.3 is 5.97 Å². The van der Waals surface area contributed by atoms with Crippen molar-refractivity contribution in [2.75, 3.05) is 6.61 Å². The number of aromatic nitrogens is 2. The molecule has 2 rings (SSSR count). The highest BCUT2D eigenvalue weighted by Gasteiger charge is 2.16. The van der Waals surface area contributed by atoms with E-state index in [4.69, 9.17) is 9.47 Å². The van der Waals surface area contributed by atoms with Crippen molar-refractivity contribution in [3.8, 4) is 10.9 Å². The highest BCUT2D eigenvalue weighted by Crippen LogP contribution is 2.29. The molecule has 0 N–H and O–H groups in total. The number of esters is 1. The van der Waals surface area contributed by atoms with E-state index in [0.29, 0.717) is 4.47 Å². The van der Waals surface area contributed by atoms with Crippen LogP contribution in [0.3, 0.4) is 0 Å². The summed E-state index contributed by atoms with van der Waals surface area (Å²) < 4.78 is 24.1. The average molecular weight is 347 g/mol. The van der Waals surface area contributed by atoms with Gasteiger partial charge < -0.3 is 9.47 Å². The summed E-state index contributed by atoms with van der Waals surface area (Å²) in [4.78, 5) is 11.4. The molecule has 1 aromatic carbocycles. The molecule has 0 saturated carbocycles. The van der Waals surface area contributed by atoms with Crippen LogP contribution < -0.4 is 4.74 Å². The van der Waals surface area contributed by atoms with Crippen LogP contribution in [-0.2, 0) is 4.74 Å². The molecule has 1 heterocycles. The number of ether oxygens (including phenoxy) is 2. The third-order valence-corrected chi connectivity index (χ3v) is 3.22. The van der Waals surface area contributed by atoms with E-state index in [1.807, 2.05) is 0 Å². The highest BCUT2D eigenvalue weighted by molar-refractivity contribution is 9.10. The van der Waals surface area contributed by atoms with Gasteiger partial charge in [0.1, 0.15) is 0 Å². The molecule has 0 bridgehead atoms. The molecule has 0 aliphatic carbocycles. The lowest BCUT2D eigenvalue weighted by atomic mass is 10.3. The molecule has 19 heavy (non-hydrogen) atoms. The Hall–Kier alpha value is -1.54. The number of hydrogen-bond acceptors (Lipinski definition) is 6. The first-order valence-corrected chi connectivity index (χ1v) is 6.84. The first-order valence-electron chi connectivity index (χ1n) is 5.23. The molecule has 0 fully saturated rings. The second-order valence-corrected chi connectivity index (χ2v) is 5.13. The summed E-state index contributed by atoms with van der Waals surface area (Å²) in [5, 5.41) is 7.40. The first-order chi connectivity index (χ1) is 9.10. The second kappa shape index (κ2) is 6.07. The molecule has 0 saturated heterocycles. The van der Waals surface area contributed by atoms with Crippen molar-refractivity contribution in [2.24, 2.45) is 0 Å². The van der Waals surface area contributed by atoms with Gasteiger partial charge in [0.05, 0.1) is 6.61 Å². The normalized spacial score (nSPS) is 10.3. The maximum atomic E-state index is 13.5. The summed E-state index contributed by atoms with van der Waals surface area (Å²) in [6.07, 6.45) is 0. The summed E-state index contributed by atoms with van der Waals surface area (Å²) in [5.74, 6) is -1.11. The molecule has 0 aliphatic rings. The number of benzene rings is 1. The van der Waals surface area contributed by atoms with E-state index in [2.05, 4.69) is 26.1 Å². The predicted octanol–water partition coefficient (Wildman–Crippen LogP) is 3.41. The number of hydrogen-bond donors (Lipinski definition) is 0. The van der Waals surface area contributed by atoms with Crippen LogP contribution >= 0.6 is 27.3 Å². The molecule has 5 nitrogen and oxygen atoms in total. The Labute approximate surface area is 120 Å². The molecule has 0 radical (unpaired) electrons. The number of carbonyl (C=O) groups is 1. The lowest BCUT2D eigenvalue weighted by Gasteiger charge is -2.02. The van der Waals surface area contributed by atoms with Gasteiger partial charge in [-0.2, -0.15) is 0 Å². The molecular weight excluding hydrogens is 339 g/mol. The standard InChI is InChI=1S/C11H8BrFN2O3S/c1-2-17-10(16)9-14-15-11(19-9)18-8-5-6(12)3-4-7(8)13/h3-5H,2H2,1H3. The fourth-order valence-corrected chi connectivity index (χ4v) is 2.12. The maximum absolute atomic E-state index is 13.5. The molecule has 0 amide bonds. The van der Waals surface area contributed by atoms with Crippen molar-refractivity contribution in [3.05, 3.63) is 33.5 Å². The molecular formula is C11H8BrFN2O3S. The zero-order valence-corrected chi connectivity index (χ0v) is 12.1. The molecule has 1 aromatic heterocycles. The van der Waals surface area contributed by atoms with Gasteiger partial charge in [0.25, 0.3) is 5.19 Å². The average Bonchev–Trinajstić information content (AvgIpc) is 2.83.